The minimum Gasteiger partial charge on any atom is -0.489 e. The first kappa shape index (κ1) is 15.2. The molecular weight excluding hydrogens is 290 g/mol. The van der Waals surface area contributed by atoms with Crippen LogP contribution in [0.15, 0.2) is 29.8 Å². The molecule has 1 spiro atoms. The molecule has 0 saturated carbocycles. The van der Waals surface area contributed by atoms with Crippen LogP contribution < -0.4 is 4.74 Å². The van der Waals surface area contributed by atoms with Gasteiger partial charge in [-0.2, -0.15) is 0 Å². The second-order valence-electron chi connectivity index (χ2n) is 6.86. The van der Waals surface area contributed by atoms with Crippen LogP contribution in [0.5, 0.6) is 5.75 Å². The van der Waals surface area contributed by atoms with Crippen LogP contribution in [0.1, 0.15) is 24.8 Å². The Hall–Kier alpha value is -1.36. The lowest BCUT2D eigenvalue weighted by molar-refractivity contribution is -0.141. The number of ether oxygens (including phenoxy) is 3. The molecule has 2 saturated heterocycles. The van der Waals surface area contributed by atoms with Gasteiger partial charge in [0.1, 0.15) is 12.4 Å². The predicted molar refractivity (Wildman–Crippen MR) is 89.7 cm³/mol. The summed E-state index contributed by atoms with van der Waals surface area (Å²) in [5.41, 5.74) is 2.49. The van der Waals surface area contributed by atoms with Crippen molar-refractivity contribution in [3.05, 3.63) is 35.4 Å². The standard InChI is InChI=1S/C19H25NO3/c1-21-18-13-20(9-8-19(18)7-4-10-23-19)12-15-11-16-5-2-3-6-17(16)22-14-15/h2-3,5-6,11,18H,4,7-10,12-14H2,1H3/t18-,19-/m0/s1. The second-order valence-corrected chi connectivity index (χ2v) is 6.86. The number of nitrogens with zero attached hydrogens (tertiary/aromatic N) is 1. The molecule has 124 valence electrons. The Bertz CT molecular complexity index is 592. The summed E-state index contributed by atoms with van der Waals surface area (Å²) in [6.07, 6.45) is 5.82. The number of piperidine rings is 1. The van der Waals surface area contributed by atoms with Crippen LogP contribution in [-0.4, -0.2) is 56.6 Å². The first-order valence-corrected chi connectivity index (χ1v) is 8.59. The van der Waals surface area contributed by atoms with Crippen molar-refractivity contribution in [2.45, 2.75) is 31.0 Å². The van der Waals surface area contributed by atoms with Crippen molar-refractivity contribution in [2.24, 2.45) is 0 Å². The van der Waals surface area contributed by atoms with E-state index in [4.69, 9.17) is 14.2 Å². The van der Waals surface area contributed by atoms with E-state index >= 15 is 0 Å². The summed E-state index contributed by atoms with van der Waals surface area (Å²) in [6, 6.07) is 8.23. The molecule has 3 aliphatic rings. The van der Waals surface area contributed by atoms with Gasteiger partial charge in [-0.15, -0.1) is 0 Å². The Balaban J connectivity index is 1.43. The van der Waals surface area contributed by atoms with E-state index in [0.717, 1.165) is 51.3 Å². The van der Waals surface area contributed by atoms with E-state index in [0.29, 0.717) is 6.61 Å². The van der Waals surface area contributed by atoms with Gasteiger partial charge in [0.2, 0.25) is 0 Å². The molecule has 0 radical (unpaired) electrons. The van der Waals surface area contributed by atoms with Crippen LogP contribution in [0.3, 0.4) is 0 Å². The number of likely N-dealkylation sites (tertiary alicyclic amines) is 1. The topological polar surface area (TPSA) is 30.9 Å². The van der Waals surface area contributed by atoms with Crippen LogP contribution in [0.2, 0.25) is 0 Å². The highest BCUT2D eigenvalue weighted by molar-refractivity contribution is 5.62. The molecule has 3 aliphatic heterocycles. The maximum absolute atomic E-state index is 6.08. The summed E-state index contributed by atoms with van der Waals surface area (Å²) in [7, 11) is 1.82. The average molecular weight is 315 g/mol. The molecular formula is C19H25NO3. The van der Waals surface area contributed by atoms with Gasteiger partial charge in [-0.05, 0) is 37.0 Å². The third-order valence-electron chi connectivity index (χ3n) is 5.40. The Morgan fingerprint density at radius 1 is 1.30 bits per heavy atom. The van der Waals surface area contributed by atoms with Gasteiger partial charge < -0.3 is 14.2 Å². The molecule has 1 aromatic rings. The van der Waals surface area contributed by atoms with Gasteiger partial charge in [0.25, 0.3) is 0 Å². The van der Waals surface area contributed by atoms with Gasteiger partial charge in [-0.1, -0.05) is 18.2 Å². The zero-order valence-electron chi connectivity index (χ0n) is 13.8. The van der Waals surface area contributed by atoms with Gasteiger partial charge in [-0.25, -0.2) is 0 Å². The summed E-state index contributed by atoms with van der Waals surface area (Å²) >= 11 is 0. The van der Waals surface area contributed by atoms with Crippen molar-refractivity contribution in [3.63, 3.8) is 0 Å². The molecule has 0 bridgehead atoms. The van der Waals surface area contributed by atoms with E-state index < -0.39 is 0 Å². The van der Waals surface area contributed by atoms with E-state index in [1.165, 1.54) is 11.1 Å². The fourth-order valence-corrected chi connectivity index (χ4v) is 4.15. The number of hydrogen-bond donors (Lipinski definition) is 0. The van der Waals surface area contributed by atoms with Crippen molar-refractivity contribution >= 4 is 6.08 Å². The number of benzene rings is 1. The lowest BCUT2D eigenvalue weighted by atomic mass is 9.85. The van der Waals surface area contributed by atoms with Crippen LogP contribution in [0.4, 0.5) is 0 Å². The van der Waals surface area contributed by atoms with Gasteiger partial charge >= 0.3 is 0 Å². The molecule has 0 aromatic heterocycles. The fourth-order valence-electron chi connectivity index (χ4n) is 4.15. The van der Waals surface area contributed by atoms with Crippen LogP contribution in [-0.2, 0) is 9.47 Å². The summed E-state index contributed by atoms with van der Waals surface area (Å²) < 4.78 is 17.7. The highest BCUT2D eigenvalue weighted by Crippen LogP contribution is 2.37. The SMILES string of the molecule is CO[C@H]1CN(CC2=Cc3ccccc3OC2)CC[C@@]12CCCO2. The molecule has 0 amide bonds. The smallest absolute Gasteiger partial charge is 0.127 e. The minimum atomic E-state index is -0.0324. The van der Waals surface area contributed by atoms with Crippen molar-refractivity contribution in [2.75, 3.05) is 40.0 Å². The van der Waals surface area contributed by atoms with Crippen molar-refractivity contribution in [1.82, 2.24) is 4.90 Å². The molecule has 0 unspecified atom stereocenters. The zero-order chi connectivity index (χ0) is 15.7. The molecule has 4 nitrogen and oxygen atoms in total. The number of para-hydroxylation sites is 1. The molecule has 2 atom stereocenters. The van der Waals surface area contributed by atoms with Gasteiger partial charge in [0, 0.05) is 38.9 Å². The number of hydrogen-bond acceptors (Lipinski definition) is 4. The molecule has 0 N–H and O–H groups in total. The molecule has 23 heavy (non-hydrogen) atoms. The maximum Gasteiger partial charge on any atom is 0.127 e. The number of methoxy groups -OCH3 is 1. The maximum atomic E-state index is 6.08. The lowest BCUT2D eigenvalue weighted by Crippen LogP contribution is -2.56. The van der Waals surface area contributed by atoms with Crippen LogP contribution in [0, 0.1) is 0 Å². The van der Waals surface area contributed by atoms with E-state index in [2.05, 4.69) is 23.1 Å². The summed E-state index contributed by atoms with van der Waals surface area (Å²) in [5.74, 6) is 0.989. The van der Waals surface area contributed by atoms with E-state index in [1.807, 2.05) is 19.2 Å². The normalized spacial score (nSPS) is 30.8. The highest BCUT2D eigenvalue weighted by atomic mass is 16.5. The third kappa shape index (κ3) is 2.91. The Morgan fingerprint density at radius 2 is 2.22 bits per heavy atom. The lowest BCUT2D eigenvalue weighted by Gasteiger charge is -2.44. The third-order valence-corrected chi connectivity index (χ3v) is 5.40. The quantitative estimate of drug-likeness (QED) is 0.858. The monoisotopic (exact) mass is 315 g/mol. The van der Waals surface area contributed by atoms with E-state index in [1.54, 1.807) is 0 Å². The van der Waals surface area contributed by atoms with Crippen LogP contribution >= 0.6 is 0 Å². The Morgan fingerprint density at radius 3 is 3.04 bits per heavy atom. The number of rotatable bonds is 3. The molecule has 4 rings (SSSR count). The van der Waals surface area contributed by atoms with Gasteiger partial charge in [0.05, 0.1) is 11.7 Å². The van der Waals surface area contributed by atoms with E-state index in [-0.39, 0.29) is 11.7 Å². The van der Waals surface area contributed by atoms with Crippen molar-refractivity contribution in [3.8, 4) is 5.75 Å². The number of fused-ring (bicyclic) bond motifs is 1. The first-order valence-electron chi connectivity index (χ1n) is 8.59. The van der Waals surface area contributed by atoms with E-state index in [9.17, 15) is 0 Å². The summed E-state index contributed by atoms with van der Waals surface area (Å²) in [4.78, 5) is 2.48. The zero-order valence-corrected chi connectivity index (χ0v) is 13.8. The largest absolute Gasteiger partial charge is 0.489 e. The Kier molecular flexibility index (Phi) is 4.14. The summed E-state index contributed by atoms with van der Waals surface area (Å²) in [6.45, 7) is 4.53. The van der Waals surface area contributed by atoms with Gasteiger partial charge in [-0.3, -0.25) is 4.90 Å². The van der Waals surface area contributed by atoms with Crippen molar-refractivity contribution in [1.29, 1.82) is 0 Å². The average Bonchev–Trinajstić information content (AvgIpc) is 3.06. The van der Waals surface area contributed by atoms with Crippen molar-refractivity contribution < 1.29 is 14.2 Å². The first-order chi connectivity index (χ1) is 11.3. The second kappa shape index (κ2) is 6.27. The Labute approximate surface area is 138 Å². The van der Waals surface area contributed by atoms with Gasteiger partial charge in [0.15, 0.2) is 0 Å². The molecule has 2 fully saturated rings. The molecule has 0 aliphatic carbocycles. The highest BCUT2D eigenvalue weighted by Gasteiger charge is 2.46. The molecule has 1 aromatic carbocycles. The predicted octanol–water partition coefficient (Wildman–Crippen LogP) is 2.73. The molecule has 3 heterocycles. The summed E-state index contributed by atoms with van der Waals surface area (Å²) in [5, 5.41) is 0. The fraction of sp³-hybridized carbons (Fsp3) is 0.579. The minimum absolute atomic E-state index is 0.0324. The molecule has 4 heteroatoms. The van der Waals surface area contributed by atoms with Crippen LogP contribution in [0.25, 0.3) is 6.08 Å².